The van der Waals surface area contributed by atoms with Crippen LogP contribution in [0.4, 0.5) is 5.69 Å². The number of rotatable bonds is 11. The van der Waals surface area contributed by atoms with Crippen molar-refractivity contribution in [3.05, 3.63) is 77.9 Å². The van der Waals surface area contributed by atoms with E-state index in [1.165, 1.54) is 22.4 Å². The average Bonchev–Trinajstić information content (AvgIpc) is 3.80. The van der Waals surface area contributed by atoms with Crippen molar-refractivity contribution in [3.63, 3.8) is 0 Å². The summed E-state index contributed by atoms with van der Waals surface area (Å²) in [6.45, 7) is 4.85. The molecule has 1 atom stereocenters. The van der Waals surface area contributed by atoms with Crippen molar-refractivity contribution in [3.8, 4) is 22.6 Å². The number of piperidine rings is 1. The van der Waals surface area contributed by atoms with Crippen LogP contribution in [0.15, 0.2) is 66.7 Å². The maximum absolute atomic E-state index is 11.4. The third kappa shape index (κ3) is 6.15. The van der Waals surface area contributed by atoms with Gasteiger partial charge in [0.15, 0.2) is 0 Å². The van der Waals surface area contributed by atoms with Crippen LogP contribution in [-0.4, -0.2) is 37.9 Å². The summed E-state index contributed by atoms with van der Waals surface area (Å²) in [7, 11) is 1.73. The van der Waals surface area contributed by atoms with E-state index in [-0.39, 0.29) is 12.3 Å². The van der Waals surface area contributed by atoms with E-state index in [4.69, 9.17) is 9.47 Å². The van der Waals surface area contributed by atoms with Crippen LogP contribution in [0.2, 0.25) is 0 Å². The normalized spacial score (nSPS) is 16.7. The molecule has 0 amide bonds. The molecule has 3 aromatic carbocycles. The molecule has 3 aromatic rings. The Morgan fingerprint density at radius 2 is 1.74 bits per heavy atom. The fourth-order valence-corrected chi connectivity index (χ4v) is 5.85. The largest absolute Gasteiger partial charge is 0.497 e. The highest BCUT2D eigenvalue weighted by atomic mass is 16.5. The number of carboxylic acids is 1. The molecule has 1 saturated heterocycles. The molecule has 5 heteroatoms. The van der Waals surface area contributed by atoms with Gasteiger partial charge in [0, 0.05) is 30.4 Å². The smallest absolute Gasteiger partial charge is 0.303 e. The summed E-state index contributed by atoms with van der Waals surface area (Å²) in [5, 5.41) is 9.36. The van der Waals surface area contributed by atoms with Crippen molar-refractivity contribution >= 4 is 11.7 Å². The Morgan fingerprint density at radius 1 is 0.947 bits per heavy atom. The standard InChI is InChI=1S/C33H39NO4/c1-3-24-7-4-5-10-29(24)30-14-13-27(37-2)20-32(30)34-17-15-23(16-18-34)22-38-28-9-6-8-26(19-28)31(21-33(35)36)25-11-12-25/h4-10,13-14,19-20,23,25,31H,3,11-12,15-18,21-22H2,1-2H3,(H,35,36). The summed E-state index contributed by atoms with van der Waals surface area (Å²) in [4.78, 5) is 13.9. The molecule has 1 heterocycles. The number of ether oxygens (including phenoxy) is 2. The molecule has 5 rings (SSSR count). The molecule has 1 unspecified atom stereocenters. The van der Waals surface area contributed by atoms with Gasteiger partial charge in [-0.2, -0.15) is 0 Å². The van der Waals surface area contributed by atoms with Crippen molar-refractivity contribution in [2.24, 2.45) is 11.8 Å². The monoisotopic (exact) mass is 513 g/mol. The van der Waals surface area contributed by atoms with Crippen molar-refractivity contribution in [2.45, 2.75) is 51.4 Å². The van der Waals surface area contributed by atoms with E-state index in [9.17, 15) is 9.90 Å². The molecule has 0 radical (unpaired) electrons. The Balaban J connectivity index is 1.23. The first-order valence-electron chi connectivity index (χ1n) is 14.0. The van der Waals surface area contributed by atoms with Crippen LogP contribution in [0.1, 0.15) is 56.1 Å². The number of hydrogen-bond donors (Lipinski definition) is 1. The van der Waals surface area contributed by atoms with Gasteiger partial charge in [0.25, 0.3) is 0 Å². The Bertz CT molecular complexity index is 1240. The summed E-state index contributed by atoms with van der Waals surface area (Å²) in [6.07, 6.45) is 5.58. The van der Waals surface area contributed by atoms with E-state index in [1.807, 2.05) is 12.1 Å². The fraction of sp³-hybridized carbons (Fsp3) is 0.424. The lowest BCUT2D eigenvalue weighted by atomic mass is 9.91. The van der Waals surface area contributed by atoms with E-state index in [0.717, 1.165) is 62.3 Å². The summed E-state index contributed by atoms with van der Waals surface area (Å²) < 4.78 is 11.8. The number of methoxy groups -OCH3 is 1. The van der Waals surface area contributed by atoms with Crippen molar-refractivity contribution in [1.82, 2.24) is 0 Å². The van der Waals surface area contributed by atoms with E-state index < -0.39 is 5.97 Å². The van der Waals surface area contributed by atoms with Gasteiger partial charge >= 0.3 is 5.97 Å². The quantitative estimate of drug-likeness (QED) is 0.294. The molecule has 1 saturated carbocycles. The Kier molecular flexibility index (Phi) is 8.21. The number of anilines is 1. The zero-order valence-electron chi connectivity index (χ0n) is 22.6. The second-order valence-electron chi connectivity index (χ2n) is 10.7. The maximum Gasteiger partial charge on any atom is 0.303 e. The highest BCUT2D eigenvalue weighted by molar-refractivity contribution is 5.82. The van der Waals surface area contributed by atoms with Gasteiger partial charge in [-0.3, -0.25) is 4.79 Å². The molecular formula is C33H39NO4. The van der Waals surface area contributed by atoms with Crippen LogP contribution >= 0.6 is 0 Å². The number of aryl methyl sites for hydroxylation is 1. The number of aliphatic carboxylic acids is 1. The molecule has 0 aromatic heterocycles. The molecule has 200 valence electrons. The first-order chi connectivity index (χ1) is 18.6. The van der Waals surface area contributed by atoms with E-state index in [2.05, 4.69) is 66.4 Å². The summed E-state index contributed by atoms with van der Waals surface area (Å²) in [5.74, 6) is 2.09. The molecule has 5 nitrogen and oxygen atoms in total. The summed E-state index contributed by atoms with van der Waals surface area (Å²) in [5.41, 5.74) is 6.26. The predicted molar refractivity (Wildman–Crippen MR) is 152 cm³/mol. The molecule has 1 aliphatic heterocycles. The van der Waals surface area contributed by atoms with Crippen LogP contribution < -0.4 is 14.4 Å². The molecular weight excluding hydrogens is 474 g/mol. The molecule has 2 fully saturated rings. The zero-order valence-corrected chi connectivity index (χ0v) is 22.6. The van der Waals surface area contributed by atoms with Gasteiger partial charge in [0.1, 0.15) is 11.5 Å². The third-order valence-electron chi connectivity index (χ3n) is 8.21. The van der Waals surface area contributed by atoms with Crippen LogP contribution in [0, 0.1) is 11.8 Å². The molecule has 1 aliphatic carbocycles. The lowest BCUT2D eigenvalue weighted by molar-refractivity contribution is -0.137. The lowest BCUT2D eigenvalue weighted by Gasteiger charge is -2.35. The first kappa shape index (κ1) is 26.1. The van der Waals surface area contributed by atoms with E-state index >= 15 is 0 Å². The SMILES string of the molecule is CCc1ccccc1-c1ccc(OC)cc1N1CCC(COc2cccc(C(CC(=O)O)C3CC3)c2)CC1. The molecule has 2 aliphatic rings. The Hall–Kier alpha value is -3.47. The van der Waals surface area contributed by atoms with Crippen LogP contribution in [0.3, 0.4) is 0 Å². The highest BCUT2D eigenvalue weighted by Crippen LogP contribution is 2.45. The van der Waals surface area contributed by atoms with Crippen molar-refractivity contribution in [2.75, 3.05) is 31.7 Å². The van der Waals surface area contributed by atoms with Gasteiger partial charge in [0.2, 0.25) is 0 Å². The average molecular weight is 514 g/mol. The zero-order chi connectivity index (χ0) is 26.5. The first-order valence-corrected chi connectivity index (χ1v) is 14.0. The van der Waals surface area contributed by atoms with E-state index in [0.29, 0.717) is 18.4 Å². The topological polar surface area (TPSA) is 59.0 Å². The second-order valence-corrected chi connectivity index (χ2v) is 10.7. The number of benzene rings is 3. The third-order valence-corrected chi connectivity index (χ3v) is 8.21. The van der Waals surface area contributed by atoms with Gasteiger partial charge in [-0.15, -0.1) is 0 Å². The van der Waals surface area contributed by atoms with Crippen LogP contribution in [0.25, 0.3) is 11.1 Å². The Labute approximate surface area is 226 Å². The maximum atomic E-state index is 11.4. The minimum atomic E-state index is -0.725. The molecule has 0 spiro atoms. The molecule has 0 bridgehead atoms. The molecule has 1 N–H and O–H groups in total. The minimum absolute atomic E-state index is 0.0918. The van der Waals surface area contributed by atoms with Crippen molar-refractivity contribution < 1.29 is 19.4 Å². The number of carbonyl (C=O) groups is 1. The van der Waals surface area contributed by atoms with E-state index in [1.54, 1.807) is 7.11 Å². The summed E-state index contributed by atoms with van der Waals surface area (Å²) >= 11 is 0. The highest BCUT2D eigenvalue weighted by Gasteiger charge is 2.34. The number of hydrogen-bond acceptors (Lipinski definition) is 4. The van der Waals surface area contributed by atoms with Crippen LogP contribution in [-0.2, 0) is 11.2 Å². The van der Waals surface area contributed by atoms with Gasteiger partial charge < -0.3 is 19.5 Å². The number of nitrogens with zero attached hydrogens (tertiary/aromatic N) is 1. The van der Waals surface area contributed by atoms with Gasteiger partial charge in [-0.05, 0) is 90.8 Å². The molecule has 38 heavy (non-hydrogen) atoms. The second kappa shape index (κ2) is 11.9. The lowest BCUT2D eigenvalue weighted by Crippen LogP contribution is -2.35. The number of carboxylic acid groups (broad SMARTS) is 1. The minimum Gasteiger partial charge on any atom is -0.497 e. The fourth-order valence-electron chi connectivity index (χ4n) is 5.85. The van der Waals surface area contributed by atoms with Gasteiger partial charge in [-0.25, -0.2) is 0 Å². The summed E-state index contributed by atoms with van der Waals surface area (Å²) in [6, 6.07) is 23.2. The van der Waals surface area contributed by atoms with Crippen LogP contribution in [0.5, 0.6) is 11.5 Å². The van der Waals surface area contributed by atoms with Gasteiger partial charge in [0.05, 0.1) is 20.1 Å². The van der Waals surface area contributed by atoms with Gasteiger partial charge in [-0.1, -0.05) is 43.3 Å². The Morgan fingerprint density at radius 3 is 2.45 bits per heavy atom. The van der Waals surface area contributed by atoms with Crippen molar-refractivity contribution in [1.29, 1.82) is 0 Å². The predicted octanol–water partition coefficient (Wildman–Crippen LogP) is 7.19.